The van der Waals surface area contributed by atoms with Gasteiger partial charge in [0.1, 0.15) is 5.75 Å². The van der Waals surface area contributed by atoms with E-state index in [2.05, 4.69) is 4.98 Å². The molecule has 0 atom stereocenters. The Hall–Kier alpha value is -2.26. The summed E-state index contributed by atoms with van der Waals surface area (Å²) < 4.78 is 0. The SMILES string of the molecule is Cc1ccc(-c2c(O)c3ccc(Cl)cc3[nH]c2=O)cc1. The molecule has 0 aliphatic rings. The number of rotatable bonds is 1. The van der Waals surface area contributed by atoms with Crippen LogP contribution in [0.5, 0.6) is 5.75 Å². The van der Waals surface area contributed by atoms with Crippen LogP contribution in [0.2, 0.25) is 5.02 Å². The number of fused-ring (bicyclic) bond motifs is 1. The van der Waals surface area contributed by atoms with Gasteiger partial charge in [-0.25, -0.2) is 0 Å². The van der Waals surface area contributed by atoms with Crippen LogP contribution in [-0.4, -0.2) is 10.1 Å². The molecule has 0 bridgehead atoms. The van der Waals surface area contributed by atoms with E-state index in [1.54, 1.807) is 18.2 Å². The van der Waals surface area contributed by atoms with Crippen LogP contribution in [0.25, 0.3) is 22.0 Å². The highest BCUT2D eigenvalue weighted by molar-refractivity contribution is 6.31. The minimum atomic E-state index is -0.332. The van der Waals surface area contributed by atoms with Crippen LogP contribution >= 0.6 is 11.6 Å². The Bertz CT molecular complexity index is 851. The maximum Gasteiger partial charge on any atom is 0.260 e. The molecule has 3 rings (SSSR count). The molecule has 0 aliphatic heterocycles. The number of pyridine rings is 1. The lowest BCUT2D eigenvalue weighted by molar-refractivity contribution is 0.482. The van der Waals surface area contributed by atoms with Gasteiger partial charge in [0.15, 0.2) is 0 Å². The summed E-state index contributed by atoms with van der Waals surface area (Å²) >= 11 is 5.89. The number of aromatic amines is 1. The summed E-state index contributed by atoms with van der Waals surface area (Å²) in [6, 6.07) is 12.4. The molecule has 0 aliphatic carbocycles. The Morgan fingerprint density at radius 2 is 1.80 bits per heavy atom. The van der Waals surface area contributed by atoms with Crippen molar-refractivity contribution in [2.24, 2.45) is 0 Å². The van der Waals surface area contributed by atoms with Crippen molar-refractivity contribution in [2.45, 2.75) is 6.92 Å². The summed E-state index contributed by atoms with van der Waals surface area (Å²) in [6.07, 6.45) is 0. The quantitative estimate of drug-likeness (QED) is 0.713. The molecule has 100 valence electrons. The predicted molar refractivity (Wildman–Crippen MR) is 81.4 cm³/mol. The zero-order valence-electron chi connectivity index (χ0n) is 10.8. The standard InChI is InChI=1S/C16H12ClNO2/c1-9-2-4-10(5-3-9)14-15(19)12-7-6-11(17)8-13(12)18-16(14)20/h2-8H,1H3,(H2,18,19,20). The third-order valence-corrected chi connectivity index (χ3v) is 3.52. The first kappa shape index (κ1) is 12.8. The van der Waals surface area contributed by atoms with E-state index in [4.69, 9.17) is 11.6 Å². The minimum absolute atomic E-state index is 0.0238. The van der Waals surface area contributed by atoms with Gasteiger partial charge in [0, 0.05) is 10.4 Å². The van der Waals surface area contributed by atoms with Crippen LogP contribution in [0.1, 0.15) is 5.56 Å². The maximum atomic E-state index is 12.2. The topological polar surface area (TPSA) is 53.1 Å². The van der Waals surface area contributed by atoms with Gasteiger partial charge in [-0.3, -0.25) is 4.79 Å². The first-order valence-electron chi connectivity index (χ1n) is 6.18. The zero-order valence-corrected chi connectivity index (χ0v) is 11.5. The van der Waals surface area contributed by atoms with Gasteiger partial charge in [-0.15, -0.1) is 0 Å². The van der Waals surface area contributed by atoms with Gasteiger partial charge in [-0.2, -0.15) is 0 Å². The van der Waals surface area contributed by atoms with Crippen molar-refractivity contribution in [3.05, 3.63) is 63.4 Å². The number of H-pyrrole nitrogens is 1. The van der Waals surface area contributed by atoms with E-state index in [9.17, 15) is 9.90 Å². The number of aromatic hydroxyl groups is 1. The van der Waals surface area contributed by atoms with E-state index in [0.29, 0.717) is 21.5 Å². The molecule has 0 unspecified atom stereocenters. The Labute approximate surface area is 120 Å². The summed E-state index contributed by atoms with van der Waals surface area (Å²) in [5.41, 5.74) is 2.25. The van der Waals surface area contributed by atoms with Gasteiger partial charge >= 0.3 is 0 Å². The van der Waals surface area contributed by atoms with Gasteiger partial charge in [0.25, 0.3) is 5.56 Å². The van der Waals surface area contributed by atoms with Crippen molar-refractivity contribution >= 4 is 22.5 Å². The average molecular weight is 286 g/mol. The number of nitrogens with one attached hydrogen (secondary N) is 1. The van der Waals surface area contributed by atoms with Crippen molar-refractivity contribution in [2.75, 3.05) is 0 Å². The monoisotopic (exact) mass is 285 g/mol. The molecule has 0 fully saturated rings. The van der Waals surface area contributed by atoms with Crippen LogP contribution in [-0.2, 0) is 0 Å². The normalized spacial score (nSPS) is 10.9. The van der Waals surface area contributed by atoms with E-state index in [1.807, 2.05) is 31.2 Å². The number of halogens is 1. The molecule has 0 saturated carbocycles. The second-order valence-electron chi connectivity index (χ2n) is 4.73. The molecular weight excluding hydrogens is 274 g/mol. The summed E-state index contributed by atoms with van der Waals surface area (Å²) in [4.78, 5) is 14.9. The van der Waals surface area contributed by atoms with E-state index in [0.717, 1.165) is 5.56 Å². The van der Waals surface area contributed by atoms with Crippen LogP contribution in [0, 0.1) is 6.92 Å². The molecule has 20 heavy (non-hydrogen) atoms. The van der Waals surface area contributed by atoms with Gasteiger partial charge in [-0.1, -0.05) is 41.4 Å². The first-order chi connectivity index (χ1) is 9.56. The van der Waals surface area contributed by atoms with Crippen molar-refractivity contribution in [3.8, 4) is 16.9 Å². The first-order valence-corrected chi connectivity index (χ1v) is 6.55. The molecule has 0 spiro atoms. The minimum Gasteiger partial charge on any atom is -0.506 e. The van der Waals surface area contributed by atoms with Gasteiger partial charge in [-0.05, 0) is 30.7 Å². The van der Waals surface area contributed by atoms with E-state index in [-0.39, 0.29) is 16.9 Å². The molecule has 2 N–H and O–H groups in total. The summed E-state index contributed by atoms with van der Waals surface area (Å²) in [7, 11) is 0. The maximum absolute atomic E-state index is 12.2. The Morgan fingerprint density at radius 3 is 2.50 bits per heavy atom. The smallest absolute Gasteiger partial charge is 0.260 e. The van der Waals surface area contributed by atoms with Gasteiger partial charge < -0.3 is 10.1 Å². The molecule has 4 heteroatoms. The number of hydrogen-bond donors (Lipinski definition) is 2. The molecule has 0 amide bonds. The van der Waals surface area contributed by atoms with Crippen LogP contribution < -0.4 is 5.56 Å². The van der Waals surface area contributed by atoms with Crippen molar-refractivity contribution < 1.29 is 5.11 Å². The second-order valence-corrected chi connectivity index (χ2v) is 5.17. The molecular formula is C16H12ClNO2. The Kier molecular flexibility index (Phi) is 2.99. The fraction of sp³-hybridized carbons (Fsp3) is 0.0625. The molecule has 1 aromatic heterocycles. The van der Waals surface area contributed by atoms with Crippen LogP contribution in [0.15, 0.2) is 47.3 Å². The molecule has 0 radical (unpaired) electrons. The zero-order chi connectivity index (χ0) is 14.3. The van der Waals surface area contributed by atoms with Crippen LogP contribution in [0.4, 0.5) is 0 Å². The number of hydrogen-bond acceptors (Lipinski definition) is 2. The lowest BCUT2D eigenvalue weighted by Crippen LogP contribution is -2.09. The summed E-state index contributed by atoms with van der Waals surface area (Å²) in [5, 5.41) is 11.5. The fourth-order valence-electron chi connectivity index (χ4n) is 2.24. The molecule has 3 nitrogen and oxygen atoms in total. The molecule has 3 aromatic rings. The lowest BCUT2D eigenvalue weighted by Gasteiger charge is -2.08. The molecule has 1 heterocycles. The molecule has 0 saturated heterocycles. The summed E-state index contributed by atoms with van der Waals surface area (Å²) in [5.74, 6) is -0.0238. The molecule has 2 aromatic carbocycles. The van der Waals surface area contributed by atoms with Gasteiger partial charge in [0.2, 0.25) is 0 Å². The highest BCUT2D eigenvalue weighted by Crippen LogP contribution is 2.32. The highest BCUT2D eigenvalue weighted by Gasteiger charge is 2.13. The Balaban J connectivity index is 2.34. The number of benzene rings is 2. The average Bonchev–Trinajstić information content (AvgIpc) is 2.40. The Morgan fingerprint density at radius 1 is 1.10 bits per heavy atom. The number of aromatic nitrogens is 1. The van der Waals surface area contributed by atoms with E-state index >= 15 is 0 Å². The summed E-state index contributed by atoms with van der Waals surface area (Å²) in [6.45, 7) is 1.97. The van der Waals surface area contributed by atoms with Crippen molar-refractivity contribution in [1.29, 1.82) is 0 Å². The second kappa shape index (κ2) is 4.69. The van der Waals surface area contributed by atoms with Gasteiger partial charge in [0.05, 0.1) is 11.1 Å². The largest absolute Gasteiger partial charge is 0.506 e. The third kappa shape index (κ3) is 2.06. The predicted octanol–water partition coefficient (Wildman–Crippen LogP) is 3.86. The highest BCUT2D eigenvalue weighted by atomic mass is 35.5. The number of aryl methyl sites for hydroxylation is 1. The van der Waals surface area contributed by atoms with Crippen molar-refractivity contribution in [3.63, 3.8) is 0 Å². The van der Waals surface area contributed by atoms with Crippen LogP contribution in [0.3, 0.4) is 0 Å². The van der Waals surface area contributed by atoms with E-state index in [1.165, 1.54) is 0 Å². The third-order valence-electron chi connectivity index (χ3n) is 3.29. The fourth-order valence-corrected chi connectivity index (χ4v) is 2.41. The van der Waals surface area contributed by atoms with E-state index < -0.39 is 0 Å². The van der Waals surface area contributed by atoms with Crippen molar-refractivity contribution in [1.82, 2.24) is 4.98 Å². The lowest BCUT2D eigenvalue weighted by atomic mass is 10.0.